The average molecular weight is 443 g/mol. The predicted molar refractivity (Wildman–Crippen MR) is 121 cm³/mol. The van der Waals surface area contributed by atoms with Crippen LogP contribution in [0.15, 0.2) is 30.5 Å². The van der Waals surface area contributed by atoms with E-state index in [1.54, 1.807) is 20.3 Å². The molecule has 0 bridgehead atoms. The lowest BCUT2D eigenvalue weighted by Crippen LogP contribution is -2.49. The van der Waals surface area contributed by atoms with Gasteiger partial charge in [-0.1, -0.05) is 24.3 Å². The number of imidazole rings is 1. The van der Waals surface area contributed by atoms with Gasteiger partial charge >= 0.3 is 0 Å². The number of allylic oxidation sites excluding steroid dienone is 2. The van der Waals surface area contributed by atoms with E-state index in [0.717, 1.165) is 41.6 Å². The van der Waals surface area contributed by atoms with Crippen LogP contribution in [0.4, 0.5) is 0 Å². The number of hydrogen-bond acceptors (Lipinski definition) is 4. The van der Waals surface area contributed by atoms with Crippen molar-refractivity contribution in [3.8, 4) is 0 Å². The molecule has 166 valence electrons. The molecule has 2 aromatic rings. The zero-order chi connectivity index (χ0) is 22.2. The van der Waals surface area contributed by atoms with Crippen molar-refractivity contribution in [2.45, 2.75) is 44.9 Å². The first kappa shape index (κ1) is 21.9. The molecule has 1 aromatic carbocycles. The zero-order valence-electron chi connectivity index (χ0n) is 18.4. The maximum atomic E-state index is 12.8. The SMILES string of the molecule is Cc1cnc(C(=O)Cc2ccc(C3CN(C)S(=O)(=O)N(C)C3)cc2C2=CCCCC2)[nH]1. The lowest BCUT2D eigenvalue weighted by Gasteiger charge is -2.36. The zero-order valence-corrected chi connectivity index (χ0v) is 19.2. The molecular weight excluding hydrogens is 412 g/mol. The molecule has 0 unspecified atom stereocenters. The van der Waals surface area contributed by atoms with Gasteiger partial charge in [-0.05, 0) is 54.9 Å². The fourth-order valence-electron chi connectivity index (χ4n) is 4.51. The number of likely N-dealkylation sites (N-methyl/N-ethyl adjacent to an activating group) is 2. The molecule has 1 saturated heterocycles. The summed E-state index contributed by atoms with van der Waals surface area (Å²) in [6, 6.07) is 6.27. The second-order valence-electron chi connectivity index (χ2n) is 8.67. The number of carbonyl (C=O) groups excluding carboxylic acids is 1. The molecule has 1 aromatic heterocycles. The molecular formula is C23H30N4O3S. The normalized spacial score (nSPS) is 20.5. The third-order valence-electron chi connectivity index (χ3n) is 6.30. The minimum atomic E-state index is -3.36. The van der Waals surface area contributed by atoms with Gasteiger partial charge in [-0.15, -0.1) is 0 Å². The Balaban J connectivity index is 1.66. The number of nitrogens with one attached hydrogen (secondary N) is 1. The molecule has 2 heterocycles. The van der Waals surface area contributed by atoms with Gasteiger partial charge < -0.3 is 4.98 Å². The Morgan fingerprint density at radius 3 is 2.55 bits per heavy atom. The Labute approximate surface area is 184 Å². The third-order valence-corrected chi connectivity index (χ3v) is 8.18. The number of nitrogens with zero attached hydrogens (tertiary/aromatic N) is 3. The first-order valence-electron chi connectivity index (χ1n) is 10.8. The summed E-state index contributed by atoms with van der Waals surface area (Å²) in [5.41, 5.74) is 5.39. The highest BCUT2D eigenvalue weighted by molar-refractivity contribution is 7.86. The van der Waals surface area contributed by atoms with Gasteiger partial charge in [0.05, 0.1) is 0 Å². The molecule has 0 atom stereocenters. The second-order valence-corrected chi connectivity index (χ2v) is 10.8. The third kappa shape index (κ3) is 4.51. The number of hydrogen-bond donors (Lipinski definition) is 1. The van der Waals surface area contributed by atoms with E-state index in [9.17, 15) is 13.2 Å². The number of benzene rings is 1. The molecule has 1 aliphatic carbocycles. The van der Waals surface area contributed by atoms with E-state index < -0.39 is 10.2 Å². The molecule has 4 rings (SSSR count). The van der Waals surface area contributed by atoms with Crippen molar-refractivity contribution in [2.75, 3.05) is 27.2 Å². The summed E-state index contributed by atoms with van der Waals surface area (Å²) in [5, 5.41) is 0. The molecule has 1 fully saturated rings. The number of aryl methyl sites for hydroxylation is 1. The number of carbonyl (C=O) groups is 1. The second kappa shape index (κ2) is 8.68. The van der Waals surface area contributed by atoms with E-state index in [4.69, 9.17) is 0 Å². The standard InChI is InChI=1S/C23H30N4O3S/c1-16-13-24-23(25-16)22(28)12-19-10-9-18(11-21(19)17-7-5-4-6-8-17)20-14-26(2)31(29,30)27(3)15-20/h7,9-11,13,20H,4-6,8,12,14-15H2,1-3H3,(H,24,25). The van der Waals surface area contributed by atoms with Crippen molar-refractivity contribution in [1.29, 1.82) is 0 Å². The number of aromatic nitrogens is 2. The Kier molecular flexibility index (Phi) is 6.14. The largest absolute Gasteiger partial charge is 0.340 e. The predicted octanol–water partition coefficient (Wildman–Crippen LogP) is 3.31. The van der Waals surface area contributed by atoms with Crippen LogP contribution in [0.1, 0.15) is 64.6 Å². The summed E-state index contributed by atoms with van der Waals surface area (Å²) in [4.78, 5) is 20.0. The molecule has 1 N–H and O–H groups in total. The van der Waals surface area contributed by atoms with Crippen LogP contribution in [0.2, 0.25) is 0 Å². The van der Waals surface area contributed by atoms with Crippen LogP contribution in [0.5, 0.6) is 0 Å². The van der Waals surface area contributed by atoms with E-state index in [1.807, 2.05) is 19.1 Å². The molecule has 0 spiro atoms. The van der Waals surface area contributed by atoms with Crippen molar-refractivity contribution >= 4 is 21.6 Å². The van der Waals surface area contributed by atoms with Crippen LogP contribution in [-0.2, 0) is 16.6 Å². The van der Waals surface area contributed by atoms with Crippen molar-refractivity contribution in [3.63, 3.8) is 0 Å². The van der Waals surface area contributed by atoms with Gasteiger partial charge in [-0.2, -0.15) is 17.0 Å². The molecule has 0 radical (unpaired) electrons. The maximum Gasteiger partial charge on any atom is 0.281 e. The fourth-order valence-corrected chi connectivity index (χ4v) is 5.72. The smallest absolute Gasteiger partial charge is 0.281 e. The van der Waals surface area contributed by atoms with Crippen LogP contribution in [-0.4, -0.2) is 60.0 Å². The Morgan fingerprint density at radius 2 is 1.94 bits per heavy atom. The van der Waals surface area contributed by atoms with Crippen molar-refractivity contribution in [1.82, 2.24) is 18.6 Å². The van der Waals surface area contributed by atoms with E-state index >= 15 is 0 Å². The van der Waals surface area contributed by atoms with Gasteiger partial charge in [0.1, 0.15) is 0 Å². The van der Waals surface area contributed by atoms with Gasteiger partial charge in [0.25, 0.3) is 10.2 Å². The van der Waals surface area contributed by atoms with Crippen LogP contribution in [0, 0.1) is 6.92 Å². The summed E-state index contributed by atoms with van der Waals surface area (Å²) in [6.45, 7) is 2.79. The summed E-state index contributed by atoms with van der Waals surface area (Å²) in [5.74, 6) is 0.451. The van der Waals surface area contributed by atoms with Gasteiger partial charge in [0.15, 0.2) is 5.82 Å². The first-order valence-corrected chi connectivity index (χ1v) is 12.2. The molecule has 8 heteroatoms. The van der Waals surface area contributed by atoms with Crippen molar-refractivity contribution < 1.29 is 13.2 Å². The average Bonchev–Trinajstić information content (AvgIpc) is 3.19. The van der Waals surface area contributed by atoms with Gasteiger partial charge in [0, 0.05) is 51.4 Å². The number of H-pyrrole nitrogens is 1. The summed E-state index contributed by atoms with van der Waals surface area (Å²) in [7, 11) is -0.112. The Bertz CT molecular complexity index is 1100. The van der Waals surface area contributed by atoms with Crippen LogP contribution >= 0.6 is 0 Å². The molecule has 2 aliphatic rings. The van der Waals surface area contributed by atoms with Crippen LogP contribution in [0.25, 0.3) is 5.57 Å². The van der Waals surface area contributed by atoms with Gasteiger partial charge in [0.2, 0.25) is 5.78 Å². The van der Waals surface area contributed by atoms with E-state index in [2.05, 4.69) is 22.1 Å². The molecule has 1 aliphatic heterocycles. The van der Waals surface area contributed by atoms with Gasteiger partial charge in [-0.3, -0.25) is 4.79 Å². The first-order chi connectivity index (χ1) is 14.8. The molecule has 0 saturated carbocycles. The van der Waals surface area contributed by atoms with Crippen molar-refractivity contribution in [3.05, 3.63) is 58.7 Å². The molecule has 0 amide bonds. The van der Waals surface area contributed by atoms with Crippen LogP contribution < -0.4 is 0 Å². The number of Topliss-reactive ketones (excluding diaryl/α,β-unsaturated/α-hetero) is 1. The van der Waals surface area contributed by atoms with E-state index in [0.29, 0.717) is 25.3 Å². The highest BCUT2D eigenvalue weighted by Gasteiger charge is 2.34. The van der Waals surface area contributed by atoms with Gasteiger partial charge in [-0.25, -0.2) is 4.98 Å². The summed E-state index contributed by atoms with van der Waals surface area (Å²) in [6.07, 6.45) is 8.65. The fraction of sp³-hybridized carbons (Fsp3) is 0.478. The quantitative estimate of drug-likeness (QED) is 0.720. The summed E-state index contributed by atoms with van der Waals surface area (Å²) < 4.78 is 27.5. The maximum absolute atomic E-state index is 12.8. The minimum Gasteiger partial charge on any atom is -0.340 e. The van der Waals surface area contributed by atoms with E-state index in [1.165, 1.54) is 20.6 Å². The van der Waals surface area contributed by atoms with E-state index in [-0.39, 0.29) is 11.7 Å². The number of rotatable bonds is 5. The van der Waals surface area contributed by atoms with Crippen molar-refractivity contribution in [2.24, 2.45) is 0 Å². The minimum absolute atomic E-state index is 0.0262. The lowest BCUT2D eigenvalue weighted by molar-refractivity contribution is 0.0983. The topological polar surface area (TPSA) is 86.4 Å². The summed E-state index contributed by atoms with van der Waals surface area (Å²) >= 11 is 0. The lowest BCUT2D eigenvalue weighted by atomic mass is 9.86. The Morgan fingerprint density at radius 1 is 1.19 bits per heavy atom. The number of aromatic amines is 1. The molecule has 31 heavy (non-hydrogen) atoms. The monoisotopic (exact) mass is 442 g/mol. The highest BCUT2D eigenvalue weighted by atomic mass is 32.2. The Hall–Kier alpha value is -2.29. The highest BCUT2D eigenvalue weighted by Crippen LogP contribution is 2.33. The number of ketones is 1. The molecule has 7 nitrogen and oxygen atoms in total. The van der Waals surface area contributed by atoms with Crippen LogP contribution in [0.3, 0.4) is 0 Å².